The summed E-state index contributed by atoms with van der Waals surface area (Å²) >= 11 is 0.979. The van der Waals surface area contributed by atoms with Gasteiger partial charge in [-0.3, -0.25) is 9.32 Å². The Balaban J connectivity index is 1.56. The number of nitrogen functional groups attached to an aromatic ring is 1. The van der Waals surface area contributed by atoms with Crippen molar-refractivity contribution >= 4 is 33.0 Å². The van der Waals surface area contributed by atoms with E-state index in [1.165, 1.54) is 10.7 Å². The van der Waals surface area contributed by atoms with E-state index in [2.05, 4.69) is 5.27 Å². The molecule has 0 fully saturated rings. The average molecular weight is 572 g/mol. The van der Waals surface area contributed by atoms with Crippen LogP contribution in [0.4, 0.5) is 14.5 Å². The normalized spacial score (nSPS) is 11.2. The highest BCUT2D eigenvalue weighted by molar-refractivity contribution is 7.21. The SMILES string of the molecule is COc1ccc(-c2cc(-c3ccc(F)cc3F)c3c(N)c(C(=O)c4c(O)on[n+]4-c4ccc(C)cc4)sc3n2)cc1. The van der Waals surface area contributed by atoms with Gasteiger partial charge in [-0.05, 0) is 55.0 Å². The number of aromatic nitrogens is 3. The number of nitrogens with two attached hydrogens (primary N) is 1. The van der Waals surface area contributed by atoms with Gasteiger partial charge in [0.15, 0.2) is 0 Å². The van der Waals surface area contributed by atoms with E-state index in [1.54, 1.807) is 49.6 Å². The van der Waals surface area contributed by atoms with Crippen LogP contribution in [0.25, 0.3) is 38.3 Å². The maximum absolute atomic E-state index is 15.1. The molecule has 0 amide bonds. The van der Waals surface area contributed by atoms with E-state index in [4.69, 9.17) is 20.0 Å². The molecule has 0 aliphatic heterocycles. The number of aromatic hydroxyl groups is 1. The third kappa shape index (κ3) is 4.55. The number of ketones is 1. The number of carbonyl (C=O) groups excluding carboxylic acids is 1. The van der Waals surface area contributed by atoms with E-state index in [0.29, 0.717) is 38.5 Å². The molecule has 204 valence electrons. The van der Waals surface area contributed by atoms with Crippen molar-refractivity contribution in [1.29, 1.82) is 0 Å². The van der Waals surface area contributed by atoms with Crippen molar-refractivity contribution in [2.45, 2.75) is 6.92 Å². The Bertz CT molecular complexity index is 1950. The van der Waals surface area contributed by atoms with E-state index < -0.39 is 23.4 Å². The predicted molar refractivity (Wildman–Crippen MR) is 149 cm³/mol. The van der Waals surface area contributed by atoms with Gasteiger partial charge in [-0.1, -0.05) is 17.7 Å². The Hall–Kier alpha value is -5.16. The second-order valence-corrected chi connectivity index (χ2v) is 10.2. The molecule has 0 aliphatic rings. The average Bonchev–Trinajstić information content (AvgIpc) is 3.52. The van der Waals surface area contributed by atoms with Crippen molar-refractivity contribution in [3.63, 3.8) is 0 Å². The summed E-state index contributed by atoms with van der Waals surface area (Å²) < 4.78 is 40.3. The molecule has 0 saturated carbocycles. The molecule has 0 atom stereocenters. The maximum Gasteiger partial charge on any atom is 0.393 e. The van der Waals surface area contributed by atoms with Gasteiger partial charge in [-0.15, -0.1) is 11.3 Å². The summed E-state index contributed by atoms with van der Waals surface area (Å²) in [6, 6.07) is 19.1. The molecule has 6 aromatic rings. The number of benzene rings is 3. The lowest BCUT2D eigenvalue weighted by Gasteiger charge is -2.10. The molecule has 41 heavy (non-hydrogen) atoms. The number of rotatable bonds is 6. The van der Waals surface area contributed by atoms with Crippen LogP contribution in [0.3, 0.4) is 0 Å². The second-order valence-electron chi connectivity index (χ2n) is 9.24. The van der Waals surface area contributed by atoms with E-state index in [1.807, 2.05) is 19.1 Å². The molecule has 3 N–H and O–H groups in total. The zero-order valence-corrected chi connectivity index (χ0v) is 22.5. The van der Waals surface area contributed by atoms with Gasteiger partial charge in [0, 0.05) is 39.4 Å². The largest absolute Gasteiger partial charge is 0.497 e. The number of hydrogen-bond donors (Lipinski definition) is 2. The van der Waals surface area contributed by atoms with E-state index in [0.717, 1.165) is 29.0 Å². The Kier molecular flexibility index (Phi) is 6.43. The third-order valence-corrected chi connectivity index (χ3v) is 7.73. The van der Waals surface area contributed by atoms with Crippen molar-refractivity contribution in [3.05, 3.63) is 101 Å². The minimum Gasteiger partial charge on any atom is -0.497 e. The van der Waals surface area contributed by atoms with Crippen LogP contribution in [0.2, 0.25) is 0 Å². The summed E-state index contributed by atoms with van der Waals surface area (Å²) in [5.74, 6) is -2.25. The van der Waals surface area contributed by atoms with Crippen LogP contribution in [0.15, 0.2) is 77.3 Å². The van der Waals surface area contributed by atoms with Crippen LogP contribution in [-0.4, -0.2) is 28.3 Å². The Morgan fingerprint density at radius 2 is 1.76 bits per heavy atom. The minimum absolute atomic E-state index is 0.0264. The molecule has 0 aliphatic carbocycles. The highest BCUT2D eigenvalue weighted by Gasteiger charge is 2.37. The zero-order valence-electron chi connectivity index (χ0n) is 21.7. The van der Waals surface area contributed by atoms with Crippen LogP contribution in [0, 0.1) is 18.6 Å². The molecule has 0 spiro atoms. The van der Waals surface area contributed by atoms with Gasteiger partial charge in [0.2, 0.25) is 11.0 Å². The van der Waals surface area contributed by atoms with Crippen LogP contribution in [0.5, 0.6) is 11.7 Å². The van der Waals surface area contributed by atoms with Crippen LogP contribution >= 0.6 is 11.3 Å². The van der Waals surface area contributed by atoms with E-state index in [-0.39, 0.29) is 21.8 Å². The van der Waals surface area contributed by atoms with Gasteiger partial charge in [0.1, 0.15) is 27.1 Å². The van der Waals surface area contributed by atoms with Gasteiger partial charge in [-0.25, -0.2) is 13.8 Å². The number of ether oxygens (including phenoxy) is 1. The van der Waals surface area contributed by atoms with Crippen molar-refractivity contribution in [1.82, 2.24) is 10.3 Å². The Labute approximate surface area is 235 Å². The highest BCUT2D eigenvalue weighted by Crippen LogP contribution is 2.43. The third-order valence-electron chi connectivity index (χ3n) is 6.63. The van der Waals surface area contributed by atoms with E-state index in [9.17, 15) is 14.3 Å². The Morgan fingerprint density at radius 1 is 1.02 bits per heavy atom. The first-order chi connectivity index (χ1) is 19.7. The summed E-state index contributed by atoms with van der Waals surface area (Å²) in [5, 5.41) is 14.6. The second kappa shape index (κ2) is 10.1. The molecule has 8 nitrogen and oxygen atoms in total. The quantitative estimate of drug-likeness (QED) is 0.186. The number of aryl methyl sites for hydroxylation is 1. The first kappa shape index (κ1) is 26.1. The zero-order chi connectivity index (χ0) is 28.8. The monoisotopic (exact) mass is 571 g/mol. The molecular formula is C30H21F2N4O4S+. The predicted octanol–water partition coefficient (Wildman–Crippen LogP) is 6.01. The molecule has 6 rings (SSSR count). The number of hydrogen-bond acceptors (Lipinski definition) is 8. The molecule has 0 radical (unpaired) electrons. The number of carbonyl (C=O) groups is 1. The number of thiophene rings is 1. The van der Waals surface area contributed by atoms with Crippen molar-refractivity contribution in [2.75, 3.05) is 12.8 Å². The fourth-order valence-electron chi connectivity index (χ4n) is 4.54. The first-order valence-corrected chi connectivity index (χ1v) is 13.1. The smallest absolute Gasteiger partial charge is 0.393 e. The Morgan fingerprint density at radius 3 is 2.44 bits per heavy atom. The number of nitrogens with zero attached hydrogens (tertiary/aromatic N) is 3. The number of anilines is 1. The summed E-state index contributed by atoms with van der Waals surface area (Å²) in [6.07, 6.45) is 0. The van der Waals surface area contributed by atoms with Gasteiger partial charge in [0.25, 0.3) is 5.78 Å². The molecule has 3 aromatic heterocycles. The summed E-state index contributed by atoms with van der Waals surface area (Å²) in [7, 11) is 1.55. The van der Waals surface area contributed by atoms with Crippen LogP contribution < -0.4 is 15.2 Å². The van der Waals surface area contributed by atoms with Gasteiger partial charge >= 0.3 is 11.6 Å². The molecule has 3 heterocycles. The number of methoxy groups -OCH3 is 1. The lowest BCUT2D eigenvalue weighted by atomic mass is 9.98. The summed E-state index contributed by atoms with van der Waals surface area (Å²) in [4.78, 5) is 19.0. The fourth-order valence-corrected chi connectivity index (χ4v) is 5.60. The molecular weight excluding hydrogens is 550 g/mol. The molecule has 0 saturated heterocycles. The maximum atomic E-state index is 15.1. The topological polar surface area (TPSA) is 115 Å². The van der Waals surface area contributed by atoms with Gasteiger partial charge in [-0.2, -0.15) is 0 Å². The van der Waals surface area contributed by atoms with Crippen LogP contribution in [0.1, 0.15) is 20.9 Å². The van der Waals surface area contributed by atoms with E-state index >= 15 is 4.39 Å². The van der Waals surface area contributed by atoms with Gasteiger partial charge in [0.05, 0.1) is 18.5 Å². The molecule has 3 aromatic carbocycles. The first-order valence-electron chi connectivity index (χ1n) is 12.3. The molecule has 11 heteroatoms. The standard InChI is InChI=1S/C30H20F2N4O4S/c1-15-3-8-18(9-4-15)36-26(30(38)40-35-36)27(37)28-25(33)24-21(20-12-7-17(31)13-22(20)32)14-23(34-29(24)41-28)16-5-10-19(39-2)11-6-16/h3-14H,1-2H3,(H2-,33,35,37,38)/p+1. The molecule has 0 unspecified atom stereocenters. The highest BCUT2D eigenvalue weighted by atomic mass is 32.1. The summed E-state index contributed by atoms with van der Waals surface area (Å²) in [5.41, 5.74) is 9.39. The summed E-state index contributed by atoms with van der Waals surface area (Å²) in [6.45, 7) is 1.91. The fraction of sp³-hybridized carbons (Fsp3) is 0.0667. The lowest BCUT2D eigenvalue weighted by Crippen LogP contribution is -2.38. The number of halogens is 2. The lowest BCUT2D eigenvalue weighted by molar-refractivity contribution is -0.672. The van der Waals surface area contributed by atoms with Crippen molar-refractivity contribution < 1.29 is 32.6 Å². The number of fused-ring (bicyclic) bond motifs is 1. The van der Waals surface area contributed by atoms with Crippen molar-refractivity contribution in [3.8, 4) is 39.8 Å². The molecule has 0 bridgehead atoms. The van der Waals surface area contributed by atoms with Crippen molar-refractivity contribution in [2.24, 2.45) is 0 Å². The number of pyridine rings is 1. The van der Waals surface area contributed by atoms with Crippen LogP contribution in [-0.2, 0) is 0 Å². The van der Waals surface area contributed by atoms with Gasteiger partial charge < -0.3 is 15.6 Å². The minimum atomic E-state index is -0.800.